The Balaban J connectivity index is 4.32. The Morgan fingerprint density at radius 3 is 1.53 bits per heavy atom. The summed E-state index contributed by atoms with van der Waals surface area (Å²) in [7, 11) is 3.21. The highest BCUT2D eigenvalue weighted by atomic mass is 33.1. The fourth-order valence-electron chi connectivity index (χ4n) is 1.54. The van der Waals surface area contributed by atoms with Gasteiger partial charge in [-0.15, -0.1) is 0 Å². The van der Waals surface area contributed by atoms with E-state index in [9.17, 15) is 0 Å². The fourth-order valence-corrected chi connectivity index (χ4v) is 4.47. The molecule has 0 saturated carbocycles. The van der Waals surface area contributed by atoms with Crippen molar-refractivity contribution in [2.75, 3.05) is 26.2 Å². The normalized spacial score (nSPS) is 11.3. The van der Waals surface area contributed by atoms with Crippen molar-refractivity contribution in [3.05, 3.63) is 0 Å². The highest BCUT2D eigenvalue weighted by Gasteiger charge is 2.18. The number of thiocarbonyl (C=S) groups is 2. The van der Waals surface area contributed by atoms with Crippen molar-refractivity contribution in [3.63, 3.8) is 0 Å². The second-order valence-electron chi connectivity index (χ2n) is 5.45. The molecule has 112 valence electrons. The third kappa shape index (κ3) is 8.38. The molecule has 0 rings (SSSR count). The van der Waals surface area contributed by atoms with Crippen molar-refractivity contribution < 1.29 is 0 Å². The molecule has 0 radical (unpaired) electrons. The molecule has 0 aliphatic heterocycles. The molecule has 0 aliphatic carbocycles. The van der Waals surface area contributed by atoms with Crippen molar-refractivity contribution in [2.24, 2.45) is 5.41 Å². The van der Waals surface area contributed by atoms with Crippen molar-refractivity contribution >= 4 is 54.7 Å². The molecule has 0 heterocycles. The standard InChI is InChI=1S/C13H26N2S4/c1-7-14(8-2)11(16)18-19-12(17)15(9-3)10-13(4,5)6/h7-10H2,1-6H3. The zero-order valence-corrected chi connectivity index (χ0v) is 16.1. The van der Waals surface area contributed by atoms with Crippen LogP contribution in [0, 0.1) is 5.41 Å². The Morgan fingerprint density at radius 1 is 0.842 bits per heavy atom. The van der Waals surface area contributed by atoms with E-state index >= 15 is 0 Å². The Hall–Kier alpha value is 0.480. The lowest BCUT2D eigenvalue weighted by atomic mass is 9.96. The summed E-state index contributed by atoms with van der Waals surface area (Å²) in [6, 6.07) is 0. The van der Waals surface area contributed by atoms with E-state index < -0.39 is 0 Å². The summed E-state index contributed by atoms with van der Waals surface area (Å²) in [6.45, 7) is 16.9. The van der Waals surface area contributed by atoms with Gasteiger partial charge in [-0.1, -0.05) is 45.2 Å². The zero-order valence-electron chi connectivity index (χ0n) is 12.9. The summed E-state index contributed by atoms with van der Waals surface area (Å²) in [4.78, 5) is 4.42. The van der Waals surface area contributed by atoms with E-state index in [1.807, 2.05) is 0 Å². The molecule has 0 N–H and O–H groups in total. The van der Waals surface area contributed by atoms with Crippen LogP contribution in [0.25, 0.3) is 0 Å². The first-order valence-electron chi connectivity index (χ1n) is 6.67. The second-order valence-corrected chi connectivity index (χ2v) is 8.84. The van der Waals surface area contributed by atoms with Gasteiger partial charge in [-0.05, 0) is 47.8 Å². The van der Waals surface area contributed by atoms with E-state index in [1.54, 1.807) is 21.6 Å². The van der Waals surface area contributed by atoms with Crippen molar-refractivity contribution in [3.8, 4) is 0 Å². The Kier molecular flexibility index (Phi) is 9.66. The molecule has 0 aromatic rings. The summed E-state index contributed by atoms with van der Waals surface area (Å²) in [5.74, 6) is 0. The number of hydrogen-bond donors (Lipinski definition) is 0. The first-order chi connectivity index (χ1) is 8.75. The molecule has 0 fully saturated rings. The van der Waals surface area contributed by atoms with Crippen LogP contribution in [0.1, 0.15) is 41.5 Å². The number of hydrogen-bond acceptors (Lipinski definition) is 4. The molecule has 2 nitrogen and oxygen atoms in total. The number of rotatable bonds is 4. The third-order valence-electron chi connectivity index (χ3n) is 2.51. The Labute approximate surface area is 137 Å². The highest BCUT2D eigenvalue weighted by molar-refractivity contribution is 8.89. The molecule has 6 heteroatoms. The van der Waals surface area contributed by atoms with E-state index in [-0.39, 0.29) is 5.41 Å². The predicted molar refractivity (Wildman–Crippen MR) is 100 cm³/mol. The molecule has 19 heavy (non-hydrogen) atoms. The molecule has 0 aliphatic rings. The van der Waals surface area contributed by atoms with E-state index in [2.05, 4.69) is 51.3 Å². The van der Waals surface area contributed by atoms with Crippen molar-refractivity contribution in [1.29, 1.82) is 0 Å². The summed E-state index contributed by atoms with van der Waals surface area (Å²) < 4.78 is 1.85. The van der Waals surface area contributed by atoms with Gasteiger partial charge in [0.15, 0.2) is 0 Å². The Morgan fingerprint density at radius 2 is 1.21 bits per heavy atom. The van der Waals surface area contributed by atoms with Gasteiger partial charge in [0.05, 0.1) is 0 Å². The first-order valence-corrected chi connectivity index (χ1v) is 9.64. The summed E-state index contributed by atoms with van der Waals surface area (Å²) in [6.07, 6.45) is 0. The largest absolute Gasteiger partial charge is 0.357 e. The molecular formula is C13H26N2S4. The maximum Gasteiger partial charge on any atom is 0.147 e. The quantitative estimate of drug-likeness (QED) is 0.540. The van der Waals surface area contributed by atoms with Crippen LogP contribution in [0.4, 0.5) is 0 Å². The maximum atomic E-state index is 5.51. The fraction of sp³-hybridized carbons (Fsp3) is 0.846. The van der Waals surface area contributed by atoms with Gasteiger partial charge in [0.2, 0.25) is 0 Å². The monoisotopic (exact) mass is 338 g/mol. The maximum absolute atomic E-state index is 5.51. The van der Waals surface area contributed by atoms with E-state index in [4.69, 9.17) is 24.4 Å². The van der Waals surface area contributed by atoms with Gasteiger partial charge in [-0.2, -0.15) is 0 Å². The van der Waals surface area contributed by atoms with Crippen LogP contribution < -0.4 is 0 Å². The average Bonchev–Trinajstić information content (AvgIpc) is 2.33. The summed E-state index contributed by atoms with van der Waals surface area (Å²) >= 11 is 10.9. The molecule has 0 spiro atoms. The molecular weight excluding hydrogens is 312 g/mol. The van der Waals surface area contributed by atoms with Crippen LogP contribution >= 0.6 is 46.0 Å². The Bertz CT molecular complexity index is 296. The molecule has 0 aromatic carbocycles. The van der Waals surface area contributed by atoms with E-state index in [0.717, 1.165) is 34.8 Å². The molecule has 0 atom stereocenters. The minimum Gasteiger partial charge on any atom is -0.357 e. The van der Waals surface area contributed by atoms with Crippen LogP contribution in [-0.2, 0) is 0 Å². The topological polar surface area (TPSA) is 6.48 Å². The average molecular weight is 339 g/mol. The second kappa shape index (κ2) is 9.42. The van der Waals surface area contributed by atoms with Crippen LogP contribution in [-0.4, -0.2) is 44.6 Å². The van der Waals surface area contributed by atoms with Crippen LogP contribution in [0.15, 0.2) is 0 Å². The smallest absolute Gasteiger partial charge is 0.147 e. The molecule has 0 aromatic heterocycles. The van der Waals surface area contributed by atoms with Crippen LogP contribution in [0.5, 0.6) is 0 Å². The van der Waals surface area contributed by atoms with Gasteiger partial charge < -0.3 is 9.80 Å². The van der Waals surface area contributed by atoms with Gasteiger partial charge >= 0.3 is 0 Å². The highest BCUT2D eigenvalue weighted by Crippen LogP contribution is 2.29. The van der Waals surface area contributed by atoms with Crippen LogP contribution in [0.3, 0.4) is 0 Å². The van der Waals surface area contributed by atoms with Crippen molar-refractivity contribution in [2.45, 2.75) is 41.5 Å². The van der Waals surface area contributed by atoms with Gasteiger partial charge in [-0.3, -0.25) is 0 Å². The van der Waals surface area contributed by atoms with Crippen molar-refractivity contribution in [1.82, 2.24) is 9.80 Å². The van der Waals surface area contributed by atoms with Crippen LogP contribution in [0.2, 0.25) is 0 Å². The summed E-state index contributed by atoms with van der Waals surface area (Å²) in [5.41, 5.74) is 0.255. The minimum absolute atomic E-state index is 0.255. The minimum atomic E-state index is 0.255. The molecule has 0 saturated heterocycles. The SMILES string of the molecule is CCN(CC)C(=S)SSC(=S)N(CC)CC(C)(C)C. The molecule has 0 unspecified atom stereocenters. The van der Waals surface area contributed by atoms with Gasteiger partial charge in [0.25, 0.3) is 0 Å². The van der Waals surface area contributed by atoms with E-state index in [0.29, 0.717) is 0 Å². The number of nitrogens with zero attached hydrogens (tertiary/aromatic N) is 2. The van der Waals surface area contributed by atoms with Gasteiger partial charge in [0, 0.05) is 26.2 Å². The third-order valence-corrected chi connectivity index (χ3v) is 6.24. The lowest BCUT2D eigenvalue weighted by molar-refractivity contribution is 0.289. The lowest BCUT2D eigenvalue weighted by Crippen LogP contribution is -2.35. The zero-order chi connectivity index (χ0) is 15.1. The van der Waals surface area contributed by atoms with Gasteiger partial charge in [0.1, 0.15) is 8.64 Å². The molecule has 0 bridgehead atoms. The van der Waals surface area contributed by atoms with E-state index in [1.165, 1.54) is 0 Å². The molecule has 0 amide bonds. The van der Waals surface area contributed by atoms with Gasteiger partial charge in [-0.25, -0.2) is 0 Å². The first kappa shape index (κ1) is 19.5. The lowest BCUT2D eigenvalue weighted by Gasteiger charge is -2.30. The summed E-state index contributed by atoms with van der Waals surface area (Å²) in [5, 5.41) is 0. The predicted octanol–water partition coefficient (Wildman–Crippen LogP) is 4.65.